The van der Waals surface area contributed by atoms with Crippen molar-refractivity contribution in [2.24, 2.45) is 11.1 Å². The minimum absolute atomic E-state index is 0.464. The molecule has 1 heterocycles. The standard InChI is InChI=1S/C12H23N5/c1-12(4-2-3-5-12)10-14-6-7-17-9-11(8-13)15-16-17/h9,14H,2-8,10,13H2,1H3. The molecule has 0 atom stereocenters. The highest BCUT2D eigenvalue weighted by Crippen LogP contribution is 2.36. The van der Waals surface area contributed by atoms with Crippen molar-refractivity contribution in [2.45, 2.75) is 45.7 Å². The molecule has 0 radical (unpaired) electrons. The van der Waals surface area contributed by atoms with Gasteiger partial charge in [0.25, 0.3) is 0 Å². The predicted molar refractivity (Wildman–Crippen MR) is 67.4 cm³/mol. The summed E-state index contributed by atoms with van der Waals surface area (Å²) >= 11 is 0. The number of nitrogens with zero attached hydrogens (tertiary/aromatic N) is 3. The van der Waals surface area contributed by atoms with Crippen LogP contribution in [0.1, 0.15) is 38.3 Å². The van der Waals surface area contributed by atoms with Gasteiger partial charge in [-0.3, -0.25) is 4.68 Å². The van der Waals surface area contributed by atoms with E-state index in [1.165, 1.54) is 25.7 Å². The Labute approximate surface area is 103 Å². The summed E-state index contributed by atoms with van der Waals surface area (Å²) in [6, 6.07) is 0. The summed E-state index contributed by atoms with van der Waals surface area (Å²) in [4.78, 5) is 0. The Morgan fingerprint density at radius 1 is 1.47 bits per heavy atom. The van der Waals surface area contributed by atoms with Crippen LogP contribution in [0.4, 0.5) is 0 Å². The molecule has 0 aromatic carbocycles. The van der Waals surface area contributed by atoms with E-state index in [0.717, 1.165) is 25.3 Å². The minimum atomic E-state index is 0.464. The van der Waals surface area contributed by atoms with Crippen molar-refractivity contribution in [1.82, 2.24) is 20.3 Å². The summed E-state index contributed by atoms with van der Waals surface area (Å²) in [6.45, 7) is 5.78. The van der Waals surface area contributed by atoms with Gasteiger partial charge < -0.3 is 11.1 Å². The Bertz CT molecular complexity index is 340. The summed E-state index contributed by atoms with van der Waals surface area (Å²) in [7, 11) is 0. The van der Waals surface area contributed by atoms with E-state index in [0.29, 0.717) is 12.0 Å². The van der Waals surface area contributed by atoms with E-state index in [-0.39, 0.29) is 0 Å². The quantitative estimate of drug-likeness (QED) is 0.722. The van der Waals surface area contributed by atoms with Crippen LogP contribution >= 0.6 is 0 Å². The number of nitrogens with two attached hydrogens (primary N) is 1. The zero-order valence-electron chi connectivity index (χ0n) is 10.7. The molecule has 0 unspecified atom stereocenters. The maximum atomic E-state index is 5.49. The highest BCUT2D eigenvalue weighted by molar-refractivity contribution is 4.90. The molecular weight excluding hydrogens is 214 g/mol. The van der Waals surface area contributed by atoms with E-state index in [4.69, 9.17) is 5.73 Å². The minimum Gasteiger partial charge on any atom is -0.325 e. The monoisotopic (exact) mass is 237 g/mol. The van der Waals surface area contributed by atoms with Crippen LogP contribution in [0.25, 0.3) is 0 Å². The van der Waals surface area contributed by atoms with Gasteiger partial charge in [0.1, 0.15) is 0 Å². The smallest absolute Gasteiger partial charge is 0.0962 e. The summed E-state index contributed by atoms with van der Waals surface area (Å²) in [6.07, 6.45) is 7.42. The first-order chi connectivity index (χ1) is 8.22. The highest BCUT2D eigenvalue weighted by atomic mass is 15.4. The first-order valence-corrected chi connectivity index (χ1v) is 6.52. The highest BCUT2D eigenvalue weighted by Gasteiger charge is 2.27. The Hall–Kier alpha value is -0.940. The van der Waals surface area contributed by atoms with E-state index >= 15 is 0 Å². The zero-order valence-corrected chi connectivity index (χ0v) is 10.7. The molecule has 96 valence electrons. The second-order valence-electron chi connectivity index (χ2n) is 5.37. The SMILES string of the molecule is CC1(CNCCn2cc(CN)nn2)CCCC1. The number of hydrogen-bond donors (Lipinski definition) is 2. The summed E-state index contributed by atoms with van der Waals surface area (Å²) in [5.74, 6) is 0. The third-order valence-electron chi connectivity index (χ3n) is 3.68. The molecule has 1 saturated carbocycles. The van der Waals surface area contributed by atoms with E-state index in [1.807, 2.05) is 10.9 Å². The van der Waals surface area contributed by atoms with Gasteiger partial charge in [0.05, 0.1) is 12.2 Å². The molecule has 17 heavy (non-hydrogen) atoms. The normalized spacial score (nSPS) is 18.7. The number of rotatable bonds is 6. The second-order valence-corrected chi connectivity index (χ2v) is 5.37. The largest absolute Gasteiger partial charge is 0.325 e. The maximum absolute atomic E-state index is 5.49. The van der Waals surface area contributed by atoms with Crippen LogP contribution in [-0.2, 0) is 13.1 Å². The molecule has 0 spiro atoms. The van der Waals surface area contributed by atoms with Crippen LogP contribution in [0.5, 0.6) is 0 Å². The first kappa shape index (κ1) is 12.5. The van der Waals surface area contributed by atoms with Crippen LogP contribution in [0, 0.1) is 5.41 Å². The fraction of sp³-hybridized carbons (Fsp3) is 0.833. The van der Waals surface area contributed by atoms with Gasteiger partial charge in [-0.05, 0) is 18.3 Å². The Morgan fingerprint density at radius 3 is 2.88 bits per heavy atom. The Balaban J connectivity index is 1.65. The number of aromatic nitrogens is 3. The lowest BCUT2D eigenvalue weighted by Gasteiger charge is -2.23. The van der Waals surface area contributed by atoms with Crippen molar-refractivity contribution in [3.8, 4) is 0 Å². The van der Waals surface area contributed by atoms with Gasteiger partial charge in [0, 0.05) is 25.8 Å². The molecule has 5 nitrogen and oxygen atoms in total. The van der Waals surface area contributed by atoms with Crippen LogP contribution < -0.4 is 11.1 Å². The van der Waals surface area contributed by atoms with Gasteiger partial charge in [-0.2, -0.15) is 0 Å². The van der Waals surface area contributed by atoms with Crippen LogP contribution in [0.3, 0.4) is 0 Å². The van der Waals surface area contributed by atoms with E-state index in [9.17, 15) is 0 Å². The fourth-order valence-electron chi connectivity index (χ4n) is 2.53. The van der Waals surface area contributed by atoms with E-state index < -0.39 is 0 Å². The predicted octanol–water partition coefficient (Wildman–Crippen LogP) is 0.907. The van der Waals surface area contributed by atoms with Crippen molar-refractivity contribution in [1.29, 1.82) is 0 Å². The lowest BCUT2D eigenvalue weighted by molar-refractivity contribution is 0.312. The molecule has 0 saturated heterocycles. The molecule has 0 bridgehead atoms. The molecular formula is C12H23N5. The van der Waals surface area contributed by atoms with Crippen molar-refractivity contribution in [3.05, 3.63) is 11.9 Å². The van der Waals surface area contributed by atoms with E-state index in [1.54, 1.807) is 0 Å². The molecule has 0 aliphatic heterocycles. The van der Waals surface area contributed by atoms with Gasteiger partial charge in [-0.25, -0.2) is 0 Å². The Morgan fingerprint density at radius 2 is 2.24 bits per heavy atom. The summed E-state index contributed by atoms with van der Waals surface area (Å²) in [5, 5.41) is 11.5. The maximum Gasteiger partial charge on any atom is 0.0962 e. The van der Waals surface area contributed by atoms with Gasteiger partial charge in [0.2, 0.25) is 0 Å². The Kier molecular flexibility index (Phi) is 4.12. The van der Waals surface area contributed by atoms with Crippen molar-refractivity contribution >= 4 is 0 Å². The molecule has 1 fully saturated rings. The third-order valence-corrected chi connectivity index (χ3v) is 3.68. The third kappa shape index (κ3) is 3.51. The first-order valence-electron chi connectivity index (χ1n) is 6.52. The van der Waals surface area contributed by atoms with Crippen molar-refractivity contribution < 1.29 is 0 Å². The molecule has 5 heteroatoms. The fourth-order valence-corrected chi connectivity index (χ4v) is 2.53. The second kappa shape index (κ2) is 5.60. The molecule has 1 aromatic heterocycles. The molecule has 0 amide bonds. The summed E-state index contributed by atoms with van der Waals surface area (Å²) < 4.78 is 1.85. The van der Waals surface area contributed by atoms with Gasteiger partial charge >= 0.3 is 0 Å². The average Bonchev–Trinajstić information content (AvgIpc) is 2.94. The molecule has 1 aliphatic rings. The average molecular weight is 237 g/mol. The topological polar surface area (TPSA) is 68.8 Å². The van der Waals surface area contributed by atoms with Gasteiger partial charge in [-0.1, -0.05) is 25.0 Å². The van der Waals surface area contributed by atoms with Crippen LogP contribution in [0.15, 0.2) is 6.20 Å². The molecule has 1 aliphatic carbocycles. The summed E-state index contributed by atoms with van der Waals surface area (Å²) in [5.41, 5.74) is 6.86. The van der Waals surface area contributed by atoms with Crippen molar-refractivity contribution in [3.63, 3.8) is 0 Å². The lowest BCUT2D eigenvalue weighted by atomic mass is 9.89. The van der Waals surface area contributed by atoms with Gasteiger partial charge in [0.15, 0.2) is 0 Å². The molecule has 3 N–H and O–H groups in total. The number of nitrogens with one attached hydrogen (secondary N) is 1. The molecule has 2 rings (SSSR count). The van der Waals surface area contributed by atoms with E-state index in [2.05, 4.69) is 22.6 Å². The molecule has 1 aromatic rings. The lowest BCUT2D eigenvalue weighted by Crippen LogP contribution is -2.31. The zero-order chi connectivity index (χ0) is 12.1. The van der Waals surface area contributed by atoms with Gasteiger partial charge in [-0.15, -0.1) is 5.10 Å². The van der Waals surface area contributed by atoms with Crippen LogP contribution in [-0.4, -0.2) is 28.1 Å². The van der Waals surface area contributed by atoms with Crippen molar-refractivity contribution in [2.75, 3.05) is 13.1 Å². The van der Waals surface area contributed by atoms with Crippen LogP contribution in [0.2, 0.25) is 0 Å². The number of hydrogen-bond acceptors (Lipinski definition) is 4.